The molecular formula is C20H21F2N3O2. The number of ether oxygens (including phenoxy) is 1. The van der Waals surface area contributed by atoms with Crippen LogP contribution < -0.4 is 15.2 Å². The predicted molar refractivity (Wildman–Crippen MR) is 99.5 cm³/mol. The van der Waals surface area contributed by atoms with E-state index in [1.54, 1.807) is 19.9 Å². The zero-order valence-corrected chi connectivity index (χ0v) is 15.5. The second-order valence-corrected chi connectivity index (χ2v) is 5.90. The molecule has 0 aliphatic heterocycles. The highest BCUT2D eigenvalue weighted by atomic mass is 19.2. The molecular weight excluding hydrogens is 352 g/mol. The zero-order valence-electron chi connectivity index (χ0n) is 15.5. The number of aryl methyl sites for hydroxylation is 2. The summed E-state index contributed by atoms with van der Waals surface area (Å²) < 4.78 is 32.4. The number of rotatable bonds is 7. The van der Waals surface area contributed by atoms with Crippen molar-refractivity contribution in [3.63, 3.8) is 0 Å². The molecule has 0 radical (unpaired) electrons. The van der Waals surface area contributed by atoms with E-state index < -0.39 is 17.5 Å². The van der Waals surface area contributed by atoms with Crippen LogP contribution in [0.2, 0.25) is 0 Å². The summed E-state index contributed by atoms with van der Waals surface area (Å²) in [4.78, 5) is 17.2. The highest BCUT2D eigenvalue weighted by Gasteiger charge is 2.20. The van der Waals surface area contributed by atoms with Crippen LogP contribution >= 0.6 is 0 Å². The number of anilines is 1. The minimum absolute atomic E-state index is 0.0414. The van der Waals surface area contributed by atoms with Gasteiger partial charge in [0.05, 0.1) is 24.5 Å². The van der Waals surface area contributed by atoms with Crippen LogP contribution in [-0.4, -0.2) is 24.0 Å². The van der Waals surface area contributed by atoms with Gasteiger partial charge in [0.15, 0.2) is 11.6 Å². The molecule has 1 aromatic carbocycles. The zero-order chi connectivity index (χ0) is 20.0. The van der Waals surface area contributed by atoms with Crippen LogP contribution in [0.4, 0.5) is 14.5 Å². The number of carbonyl (C=O) groups is 1. The number of aromatic nitrogens is 1. The van der Waals surface area contributed by atoms with Crippen LogP contribution in [0.1, 0.15) is 35.1 Å². The molecule has 27 heavy (non-hydrogen) atoms. The van der Waals surface area contributed by atoms with Crippen molar-refractivity contribution in [2.75, 3.05) is 18.2 Å². The van der Waals surface area contributed by atoms with Crippen LogP contribution in [0.25, 0.3) is 0 Å². The lowest BCUT2D eigenvalue weighted by molar-refractivity contribution is 0.0945. The number of nitrogens with zero attached hydrogens (tertiary/aromatic N) is 2. The third-order valence-electron chi connectivity index (χ3n) is 3.68. The molecule has 7 heteroatoms. The van der Waals surface area contributed by atoms with Gasteiger partial charge in [0, 0.05) is 17.8 Å². The summed E-state index contributed by atoms with van der Waals surface area (Å²) in [6.07, 6.45) is 6.12. The average molecular weight is 373 g/mol. The fraction of sp³-hybridized carbons (Fsp3) is 0.300. The lowest BCUT2D eigenvalue weighted by atomic mass is 10.1. The van der Waals surface area contributed by atoms with Crippen LogP contribution in [0, 0.1) is 37.8 Å². The molecule has 1 aromatic heterocycles. The highest BCUT2D eigenvalue weighted by molar-refractivity contribution is 5.98. The molecule has 0 aliphatic rings. The lowest BCUT2D eigenvalue weighted by Gasteiger charge is -2.24. The van der Waals surface area contributed by atoms with E-state index in [1.807, 2.05) is 6.92 Å². The smallest absolute Gasteiger partial charge is 0.275 e. The summed E-state index contributed by atoms with van der Waals surface area (Å²) in [5.74, 6) is 0.253. The largest absolute Gasteiger partial charge is 0.493 e. The standard InChI is InChI=1S/C20H21F2N3O2/c1-5-9-25(15-7-8-16(21)17(22)12-15)24-20(26)19-14(4)23-13(3)11-18(19)27-10-6-2/h1,7-8,11-12H,6,9-10H2,2-4H3,(H,24,26). The second kappa shape index (κ2) is 8.99. The number of carbonyl (C=O) groups excluding carboxylic acids is 1. The second-order valence-electron chi connectivity index (χ2n) is 5.90. The van der Waals surface area contributed by atoms with E-state index in [0.29, 0.717) is 18.1 Å². The fourth-order valence-corrected chi connectivity index (χ4v) is 2.51. The van der Waals surface area contributed by atoms with Gasteiger partial charge in [-0.15, -0.1) is 6.42 Å². The Hall–Kier alpha value is -3.14. The Balaban J connectivity index is 2.35. The number of hydrogen-bond donors (Lipinski definition) is 1. The lowest BCUT2D eigenvalue weighted by Crippen LogP contribution is -2.43. The van der Waals surface area contributed by atoms with Crippen LogP contribution in [0.5, 0.6) is 5.75 Å². The van der Waals surface area contributed by atoms with Gasteiger partial charge in [-0.2, -0.15) is 0 Å². The Morgan fingerprint density at radius 2 is 2.04 bits per heavy atom. The summed E-state index contributed by atoms with van der Waals surface area (Å²) in [6, 6.07) is 4.93. The normalized spacial score (nSPS) is 10.2. The summed E-state index contributed by atoms with van der Waals surface area (Å²) in [7, 11) is 0. The quantitative estimate of drug-likeness (QED) is 0.596. The molecule has 5 nitrogen and oxygen atoms in total. The number of hydrogen-bond acceptors (Lipinski definition) is 4. The molecule has 1 heterocycles. The van der Waals surface area contributed by atoms with Gasteiger partial charge < -0.3 is 4.74 Å². The number of benzene rings is 1. The fourth-order valence-electron chi connectivity index (χ4n) is 2.51. The van der Waals surface area contributed by atoms with Crippen molar-refractivity contribution in [1.82, 2.24) is 10.4 Å². The van der Waals surface area contributed by atoms with Crippen LogP contribution in [-0.2, 0) is 0 Å². The maximum atomic E-state index is 13.6. The minimum atomic E-state index is -1.04. The summed E-state index contributed by atoms with van der Waals surface area (Å²) in [6.45, 7) is 5.86. The molecule has 2 rings (SSSR count). The predicted octanol–water partition coefficient (Wildman–Crippen LogP) is 3.55. The number of nitrogens with one attached hydrogen (secondary N) is 1. The van der Waals surface area contributed by atoms with E-state index in [-0.39, 0.29) is 17.8 Å². The topological polar surface area (TPSA) is 54.5 Å². The van der Waals surface area contributed by atoms with Crippen LogP contribution in [0.3, 0.4) is 0 Å². The Kier molecular flexibility index (Phi) is 6.72. The van der Waals surface area contributed by atoms with E-state index in [4.69, 9.17) is 11.2 Å². The molecule has 0 saturated heterocycles. The molecule has 0 fully saturated rings. The Bertz CT molecular complexity index is 878. The van der Waals surface area contributed by atoms with Crippen molar-refractivity contribution in [2.45, 2.75) is 27.2 Å². The number of amides is 1. The van der Waals surface area contributed by atoms with E-state index in [0.717, 1.165) is 24.2 Å². The molecule has 1 amide bonds. The molecule has 0 atom stereocenters. The minimum Gasteiger partial charge on any atom is -0.493 e. The molecule has 2 aromatic rings. The van der Waals surface area contributed by atoms with Gasteiger partial charge in [-0.05, 0) is 32.4 Å². The van der Waals surface area contributed by atoms with E-state index in [1.165, 1.54) is 11.1 Å². The maximum Gasteiger partial charge on any atom is 0.275 e. The van der Waals surface area contributed by atoms with Gasteiger partial charge in [-0.1, -0.05) is 12.8 Å². The molecule has 0 aliphatic carbocycles. The van der Waals surface area contributed by atoms with Gasteiger partial charge in [-0.25, -0.2) is 8.78 Å². The van der Waals surface area contributed by atoms with Crippen molar-refractivity contribution in [2.24, 2.45) is 0 Å². The van der Waals surface area contributed by atoms with Gasteiger partial charge in [0.1, 0.15) is 11.3 Å². The first kappa shape index (κ1) is 20.2. The first-order chi connectivity index (χ1) is 12.9. The summed E-state index contributed by atoms with van der Waals surface area (Å²) >= 11 is 0. The van der Waals surface area contributed by atoms with Crippen molar-refractivity contribution < 1.29 is 18.3 Å². The number of hydrazine groups is 1. The molecule has 1 N–H and O–H groups in total. The van der Waals surface area contributed by atoms with E-state index >= 15 is 0 Å². The van der Waals surface area contributed by atoms with Gasteiger partial charge in [-0.3, -0.25) is 20.2 Å². The molecule has 0 bridgehead atoms. The van der Waals surface area contributed by atoms with Crippen molar-refractivity contribution >= 4 is 11.6 Å². The van der Waals surface area contributed by atoms with E-state index in [9.17, 15) is 13.6 Å². The first-order valence-corrected chi connectivity index (χ1v) is 8.45. The third-order valence-corrected chi connectivity index (χ3v) is 3.68. The first-order valence-electron chi connectivity index (χ1n) is 8.45. The average Bonchev–Trinajstić information content (AvgIpc) is 2.61. The van der Waals surface area contributed by atoms with Gasteiger partial charge in [0.2, 0.25) is 0 Å². The third kappa shape index (κ3) is 4.94. The molecule has 0 spiro atoms. The number of halogens is 2. The Morgan fingerprint density at radius 3 is 2.67 bits per heavy atom. The summed E-state index contributed by atoms with van der Waals surface area (Å²) in [5, 5.41) is 1.26. The monoisotopic (exact) mass is 373 g/mol. The van der Waals surface area contributed by atoms with Crippen molar-refractivity contribution in [1.29, 1.82) is 0 Å². The van der Waals surface area contributed by atoms with Gasteiger partial charge in [0.25, 0.3) is 5.91 Å². The van der Waals surface area contributed by atoms with Crippen molar-refractivity contribution in [3.05, 3.63) is 52.9 Å². The maximum absolute atomic E-state index is 13.6. The van der Waals surface area contributed by atoms with E-state index in [2.05, 4.69) is 16.3 Å². The molecule has 0 unspecified atom stereocenters. The number of terminal acetylenes is 1. The molecule has 142 valence electrons. The Morgan fingerprint density at radius 1 is 1.30 bits per heavy atom. The highest BCUT2D eigenvalue weighted by Crippen LogP contribution is 2.23. The SMILES string of the molecule is C#CCN(NC(=O)c1c(OCCC)cc(C)nc1C)c1ccc(F)c(F)c1. The van der Waals surface area contributed by atoms with Crippen molar-refractivity contribution in [3.8, 4) is 18.1 Å². The molecule has 0 saturated carbocycles. The number of pyridine rings is 1. The van der Waals surface area contributed by atoms with Gasteiger partial charge >= 0.3 is 0 Å². The Labute approximate surface area is 157 Å². The van der Waals surface area contributed by atoms with Crippen LogP contribution in [0.15, 0.2) is 24.3 Å². The summed E-state index contributed by atoms with van der Waals surface area (Å²) in [5.41, 5.74) is 4.31.